The SMILES string of the molecule is CC.Cc1ccc(C(=O)Nc2cc3nc(-c4ccc(NC(=O)C5CCCCC5)cc4)[nH]c3cn2)cc1. The first-order valence-electron chi connectivity index (χ1n) is 12.7. The monoisotopic (exact) mass is 483 g/mol. The molecule has 2 aromatic carbocycles. The van der Waals surface area contributed by atoms with Gasteiger partial charge in [-0.15, -0.1) is 0 Å². The Labute approximate surface area is 211 Å². The van der Waals surface area contributed by atoms with Crippen LogP contribution < -0.4 is 10.6 Å². The summed E-state index contributed by atoms with van der Waals surface area (Å²) in [4.78, 5) is 37.2. The Morgan fingerprint density at radius 2 is 1.61 bits per heavy atom. The molecule has 0 spiro atoms. The quantitative estimate of drug-likeness (QED) is 0.293. The van der Waals surface area contributed by atoms with Crippen LogP contribution in [0.2, 0.25) is 0 Å². The van der Waals surface area contributed by atoms with E-state index in [-0.39, 0.29) is 17.7 Å². The molecule has 1 aliphatic rings. The maximum absolute atomic E-state index is 12.5. The van der Waals surface area contributed by atoms with Crippen molar-refractivity contribution < 1.29 is 9.59 Å². The number of aromatic nitrogens is 3. The van der Waals surface area contributed by atoms with Crippen LogP contribution >= 0.6 is 0 Å². The molecule has 0 radical (unpaired) electrons. The fourth-order valence-corrected chi connectivity index (χ4v) is 4.33. The van der Waals surface area contributed by atoms with E-state index in [0.717, 1.165) is 48.0 Å². The molecule has 2 heterocycles. The third kappa shape index (κ3) is 5.97. The summed E-state index contributed by atoms with van der Waals surface area (Å²) >= 11 is 0. The maximum atomic E-state index is 12.5. The number of imidazole rings is 1. The summed E-state index contributed by atoms with van der Waals surface area (Å²) in [6, 6.07) is 16.8. The Hall–Kier alpha value is -4.00. The number of hydrogen-bond donors (Lipinski definition) is 3. The summed E-state index contributed by atoms with van der Waals surface area (Å²) in [6.45, 7) is 5.98. The molecule has 2 aromatic heterocycles. The predicted molar refractivity (Wildman–Crippen MR) is 145 cm³/mol. The van der Waals surface area contributed by atoms with Crippen LogP contribution in [-0.2, 0) is 4.79 Å². The van der Waals surface area contributed by atoms with Crippen molar-refractivity contribution in [3.8, 4) is 11.4 Å². The average Bonchev–Trinajstić information content (AvgIpc) is 3.34. The van der Waals surface area contributed by atoms with Crippen molar-refractivity contribution in [2.45, 2.75) is 52.9 Å². The number of H-pyrrole nitrogens is 1. The molecule has 1 saturated carbocycles. The minimum Gasteiger partial charge on any atom is -0.337 e. The molecule has 1 fully saturated rings. The van der Waals surface area contributed by atoms with Crippen LogP contribution in [0.25, 0.3) is 22.4 Å². The summed E-state index contributed by atoms with van der Waals surface area (Å²) in [5, 5.41) is 5.87. The Morgan fingerprint density at radius 3 is 2.31 bits per heavy atom. The highest BCUT2D eigenvalue weighted by molar-refractivity contribution is 6.04. The van der Waals surface area contributed by atoms with Gasteiger partial charge in [-0.2, -0.15) is 0 Å². The van der Waals surface area contributed by atoms with Crippen molar-refractivity contribution in [1.82, 2.24) is 15.0 Å². The zero-order valence-electron chi connectivity index (χ0n) is 21.1. The molecule has 7 heteroatoms. The zero-order chi connectivity index (χ0) is 25.5. The molecule has 2 amide bonds. The standard InChI is InChI=1S/C27H27N5O2.C2H6/c1-17-7-9-20(10-8-17)27(34)32-24-15-22-23(16-28-24)31-25(30-22)18-11-13-21(14-12-18)29-26(33)19-5-3-2-4-6-19;1-2/h7-16,19H,2-6H2,1H3,(H,29,33)(H,30,31)(H,28,32,34);1-2H3. The van der Waals surface area contributed by atoms with Gasteiger partial charge >= 0.3 is 0 Å². The number of pyridine rings is 1. The molecule has 4 aromatic rings. The van der Waals surface area contributed by atoms with Gasteiger partial charge in [-0.25, -0.2) is 9.97 Å². The lowest BCUT2D eigenvalue weighted by Gasteiger charge is -2.20. The first-order chi connectivity index (χ1) is 17.5. The van der Waals surface area contributed by atoms with Crippen LogP contribution in [0.3, 0.4) is 0 Å². The number of carbonyl (C=O) groups excluding carboxylic acids is 2. The zero-order valence-corrected chi connectivity index (χ0v) is 21.1. The normalized spacial score (nSPS) is 13.5. The van der Waals surface area contributed by atoms with Crippen molar-refractivity contribution in [2.24, 2.45) is 5.92 Å². The maximum Gasteiger partial charge on any atom is 0.256 e. The fraction of sp³-hybridized carbons (Fsp3) is 0.310. The second-order valence-corrected chi connectivity index (χ2v) is 8.89. The number of benzene rings is 2. The van der Waals surface area contributed by atoms with Gasteiger partial charge < -0.3 is 15.6 Å². The number of carbonyl (C=O) groups is 2. The van der Waals surface area contributed by atoms with Crippen molar-refractivity contribution in [1.29, 1.82) is 0 Å². The van der Waals surface area contributed by atoms with Gasteiger partial charge in [0.1, 0.15) is 11.6 Å². The van der Waals surface area contributed by atoms with Gasteiger partial charge in [0.2, 0.25) is 5.91 Å². The molecule has 0 saturated heterocycles. The summed E-state index contributed by atoms with van der Waals surface area (Å²) in [6.07, 6.45) is 7.11. The highest BCUT2D eigenvalue weighted by Crippen LogP contribution is 2.26. The second-order valence-electron chi connectivity index (χ2n) is 8.89. The van der Waals surface area contributed by atoms with E-state index < -0.39 is 0 Å². The van der Waals surface area contributed by atoms with Crippen LogP contribution in [0.4, 0.5) is 11.5 Å². The van der Waals surface area contributed by atoms with E-state index in [1.54, 1.807) is 24.4 Å². The number of nitrogens with zero attached hydrogens (tertiary/aromatic N) is 2. The summed E-state index contributed by atoms with van der Waals surface area (Å²) in [5.41, 5.74) is 4.85. The van der Waals surface area contributed by atoms with E-state index >= 15 is 0 Å². The lowest BCUT2D eigenvalue weighted by atomic mass is 9.88. The molecular formula is C29H33N5O2. The van der Waals surface area contributed by atoms with Crippen LogP contribution in [0, 0.1) is 12.8 Å². The van der Waals surface area contributed by atoms with Gasteiger partial charge in [-0.1, -0.05) is 50.8 Å². The first-order valence-corrected chi connectivity index (χ1v) is 12.7. The van der Waals surface area contributed by atoms with Crippen molar-refractivity contribution in [3.63, 3.8) is 0 Å². The van der Waals surface area contributed by atoms with Crippen molar-refractivity contribution >= 4 is 34.4 Å². The largest absolute Gasteiger partial charge is 0.337 e. The van der Waals surface area contributed by atoms with E-state index in [2.05, 4.69) is 25.6 Å². The van der Waals surface area contributed by atoms with E-state index in [4.69, 9.17) is 0 Å². The molecule has 5 rings (SSSR count). The van der Waals surface area contributed by atoms with Gasteiger partial charge in [0, 0.05) is 28.8 Å². The minimum absolute atomic E-state index is 0.113. The number of anilines is 2. The van der Waals surface area contributed by atoms with E-state index in [1.807, 2.05) is 57.2 Å². The Balaban J connectivity index is 0.00000148. The van der Waals surface area contributed by atoms with Gasteiger partial charge in [-0.05, 0) is 56.2 Å². The number of aromatic amines is 1. The van der Waals surface area contributed by atoms with E-state index in [0.29, 0.717) is 22.7 Å². The van der Waals surface area contributed by atoms with Gasteiger partial charge in [-0.3, -0.25) is 9.59 Å². The van der Waals surface area contributed by atoms with Crippen LogP contribution in [0.5, 0.6) is 0 Å². The summed E-state index contributed by atoms with van der Waals surface area (Å²) < 4.78 is 0. The average molecular weight is 484 g/mol. The highest BCUT2D eigenvalue weighted by atomic mass is 16.2. The van der Waals surface area contributed by atoms with Gasteiger partial charge in [0.15, 0.2) is 0 Å². The number of fused-ring (bicyclic) bond motifs is 1. The third-order valence-electron chi connectivity index (χ3n) is 6.32. The first kappa shape index (κ1) is 25.1. The Bertz CT molecular complexity index is 1320. The van der Waals surface area contributed by atoms with Crippen LogP contribution in [-0.4, -0.2) is 26.8 Å². The van der Waals surface area contributed by atoms with Crippen LogP contribution in [0.15, 0.2) is 60.8 Å². The molecule has 186 valence electrons. The predicted octanol–water partition coefficient (Wildman–Crippen LogP) is 6.73. The number of amides is 2. The Kier molecular flexibility index (Phi) is 8.10. The highest BCUT2D eigenvalue weighted by Gasteiger charge is 2.21. The van der Waals surface area contributed by atoms with Gasteiger partial charge in [0.25, 0.3) is 5.91 Å². The minimum atomic E-state index is -0.214. The number of nitrogens with one attached hydrogen (secondary N) is 3. The smallest absolute Gasteiger partial charge is 0.256 e. The van der Waals surface area contributed by atoms with Crippen LogP contribution in [0.1, 0.15) is 61.9 Å². The number of aryl methyl sites for hydroxylation is 1. The molecular weight excluding hydrogens is 450 g/mol. The second kappa shape index (κ2) is 11.6. The lowest BCUT2D eigenvalue weighted by Crippen LogP contribution is -2.24. The lowest BCUT2D eigenvalue weighted by molar-refractivity contribution is -0.120. The molecule has 0 atom stereocenters. The molecule has 0 aliphatic heterocycles. The molecule has 36 heavy (non-hydrogen) atoms. The molecule has 0 unspecified atom stereocenters. The Morgan fingerprint density at radius 1 is 0.917 bits per heavy atom. The molecule has 3 N–H and O–H groups in total. The molecule has 0 bridgehead atoms. The van der Waals surface area contributed by atoms with Crippen molar-refractivity contribution in [3.05, 3.63) is 71.9 Å². The van der Waals surface area contributed by atoms with Gasteiger partial charge in [0.05, 0.1) is 17.2 Å². The number of rotatable bonds is 5. The summed E-state index contributed by atoms with van der Waals surface area (Å²) in [5.74, 6) is 1.16. The van der Waals surface area contributed by atoms with Crippen molar-refractivity contribution in [2.75, 3.05) is 10.6 Å². The fourth-order valence-electron chi connectivity index (χ4n) is 4.33. The third-order valence-corrected chi connectivity index (χ3v) is 6.32. The molecule has 7 nitrogen and oxygen atoms in total. The van der Waals surface area contributed by atoms with E-state index in [1.165, 1.54) is 6.42 Å². The summed E-state index contributed by atoms with van der Waals surface area (Å²) in [7, 11) is 0. The van der Waals surface area contributed by atoms with E-state index in [9.17, 15) is 9.59 Å². The molecule has 1 aliphatic carbocycles. The topological polar surface area (TPSA) is 99.8 Å². The number of hydrogen-bond acceptors (Lipinski definition) is 4.